The Morgan fingerprint density at radius 1 is 1.47 bits per heavy atom. The molecule has 0 aromatic carbocycles. The van der Waals surface area contributed by atoms with E-state index < -0.39 is 5.97 Å². The topological polar surface area (TPSA) is 104 Å². The molecule has 15 heavy (non-hydrogen) atoms. The molecule has 0 aromatic heterocycles. The lowest BCUT2D eigenvalue weighted by atomic mass is 10.2. The van der Waals surface area contributed by atoms with E-state index in [0.29, 0.717) is 19.5 Å². The number of hydrogen-bond donors (Lipinski definition) is 4. The lowest BCUT2D eigenvalue weighted by molar-refractivity contribution is -0.137. The normalized spacial score (nSPS) is 11.9. The largest absolute Gasteiger partial charge is 0.481 e. The van der Waals surface area contributed by atoms with Gasteiger partial charge in [-0.2, -0.15) is 0 Å². The van der Waals surface area contributed by atoms with Gasteiger partial charge in [-0.3, -0.25) is 4.79 Å². The number of amides is 2. The van der Waals surface area contributed by atoms with Gasteiger partial charge in [-0.25, -0.2) is 4.79 Å². The molecule has 0 aliphatic heterocycles. The molecule has 6 nitrogen and oxygen atoms in total. The predicted molar refractivity (Wildman–Crippen MR) is 56.5 cm³/mol. The molecule has 5 N–H and O–H groups in total. The zero-order chi connectivity index (χ0) is 11.7. The van der Waals surface area contributed by atoms with E-state index in [1.54, 1.807) is 6.92 Å². The Kier molecular flexibility index (Phi) is 7.35. The zero-order valence-electron chi connectivity index (χ0n) is 8.95. The molecule has 1 unspecified atom stereocenters. The molecule has 0 aromatic rings. The average Bonchev–Trinajstić information content (AvgIpc) is 2.15. The van der Waals surface area contributed by atoms with E-state index in [9.17, 15) is 9.59 Å². The van der Waals surface area contributed by atoms with E-state index in [1.165, 1.54) is 0 Å². The highest BCUT2D eigenvalue weighted by atomic mass is 16.4. The SMILES string of the molecule is CC(CCC(=O)O)NC(=O)NCCCN. The molecule has 0 fully saturated rings. The van der Waals surface area contributed by atoms with Gasteiger partial charge in [0.25, 0.3) is 0 Å². The van der Waals surface area contributed by atoms with Crippen LogP contribution in [-0.4, -0.2) is 36.2 Å². The Balaban J connectivity index is 3.53. The standard InChI is InChI=1S/C9H19N3O3/c1-7(3-4-8(13)14)12-9(15)11-6-2-5-10/h7H,2-6,10H2,1H3,(H,13,14)(H2,11,12,15). The van der Waals surface area contributed by atoms with E-state index in [2.05, 4.69) is 10.6 Å². The first-order chi connectivity index (χ1) is 7.06. The summed E-state index contributed by atoms with van der Waals surface area (Å²) in [6, 6.07) is -0.416. The van der Waals surface area contributed by atoms with Gasteiger partial charge in [-0.15, -0.1) is 0 Å². The van der Waals surface area contributed by atoms with Crippen LogP contribution in [0.2, 0.25) is 0 Å². The van der Waals surface area contributed by atoms with Crippen LogP contribution in [0.1, 0.15) is 26.2 Å². The third-order valence-electron chi connectivity index (χ3n) is 1.84. The van der Waals surface area contributed by atoms with Gasteiger partial charge in [-0.1, -0.05) is 0 Å². The van der Waals surface area contributed by atoms with Crippen LogP contribution >= 0.6 is 0 Å². The fraction of sp³-hybridized carbons (Fsp3) is 0.778. The Bertz CT molecular complexity index is 209. The van der Waals surface area contributed by atoms with Crippen LogP contribution in [0, 0.1) is 0 Å². The molecule has 0 aliphatic rings. The minimum absolute atomic E-state index is 0.0598. The lowest BCUT2D eigenvalue weighted by Gasteiger charge is -2.13. The van der Waals surface area contributed by atoms with Gasteiger partial charge in [0.1, 0.15) is 0 Å². The molecule has 6 heteroatoms. The highest BCUT2D eigenvalue weighted by Gasteiger charge is 2.07. The maximum Gasteiger partial charge on any atom is 0.314 e. The molecular formula is C9H19N3O3. The van der Waals surface area contributed by atoms with Crippen molar-refractivity contribution in [2.75, 3.05) is 13.1 Å². The number of rotatable bonds is 7. The van der Waals surface area contributed by atoms with E-state index in [0.717, 1.165) is 6.42 Å². The van der Waals surface area contributed by atoms with Gasteiger partial charge in [0, 0.05) is 19.0 Å². The maximum absolute atomic E-state index is 11.2. The zero-order valence-corrected chi connectivity index (χ0v) is 8.95. The number of aliphatic carboxylic acids is 1. The Hall–Kier alpha value is -1.30. The van der Waals surface area contributed by atoms with Crippen molar-refractivity contribution in [2.45, 2.75) is 32.2 Å². The van der Waals surface area contributed by atoms with Gasteiger partial charge in [0.05, 0.1) is 0 Å². The fourth-order valence-corrected chi connectivity index (χ4v) is 0.991. The van der Waals surface area contributed by atoms with Gasteiger partial charge >= 0.3 is 12.0 Å². The van der Waals surface area contributed by atoms with Crippen LogP contribution in [0.4, 0.5) is 4.79 Å². The summed E-state index contributed by atoms with van der Waals surface area (Å²) in [5, 5.41) is 13.7. The number of carboxylic acids is 1. The molecule has 2 amide bonds. The molecular weight excluding hydrogens is 198 g/mol. The second-order valence-electron chi connectivity index (χ2n) is 3.38. The summed E-state index contributed by atoms with van der Waals surface area (Å²) in [4.78, 5) is 21.4. The summed E-state index contributed by atoms with van der Waals surface area (Å²) in [6.07, 6.45) is 1.22. The van der Waals surface area contributed by atoms with Crippen molar-refractivity contribution in [3.63, 3.8) is 0 Å². The fourth-order valence-electron chi connectivity index (χ4n) is 0.991. The van der Waals surface area contributed by atoms with Crippen molar-refractivity contribution in [2.24, 2.45) is 5.73 Å². The number of nitrogens with two attached hydrogens (primary N) is 1. The van der Waals surface area contributed by atoms with Crippen LogP contribution < -0.4 is 16.4 Å². The first kappa shape index (κ1) is 13.7. The third-order valence-corrected chi connectivity index (χ3v) is 1.84. The van der Waals surface area contributed by atoms with E-state index in [-0.39, 0.29) is 18.5 Å². The molecule has 1 atom stereocenters. The van der Waals surface area contributed by atoms with E-state index >= 15 is 0 Å². The van der Waals surface area contributed by atoms with Crippen LogP contribution in [0.3, 0.4) is 0 Å². The summed E-state index contributed by atoms with van der Waals surface area (Å²) < 4.78 is 0. The van der Waals surface area contributed by atoms with Crippen molar-refractivity contribution in [3.8, 4) is 0 Å². The Morgan fingerprint density at radius 2 is 2.13 bits per heavy atom. The summed E-state index contributed by atoms with van der Waals surface area (Å²) in [7, 11) is 0. The van der Waals surface area contributed by atoms with Crippen molar-refractivity contribution in [1.29, 1.82) is 0 Å². The second-order valence-corrected chi connectivity index (χ2v) is 3.38. The van der Waals surface area contributed by atoms with Crippen LogP contribution in [-0.2, 0) is 4.79 Å². The number of nitrogens with one attached hydrogen (secondary N) is 2. The number of hydrogen-bond acceptors (Lipinski definition) is 3. The molecule has 0 saturated carbocycles. The molecule has 0 aliphatic carbocycles. The van der Waals surface area contributed by atoms with Gasteiger partial charge in [0.2, 0.25) is 0 Å². The third kappa shape index (κ3) is 9.01. The molecule has 0 spiro atoms. The van der Waals surface area contributed by atoms with Crippen molar-refractivity contribution in [3.05, 3.63) is 0 Å². The van der Waals surface area contributed by atoms with Crippen molar-refractivity contribution in [1.82, 2.24) is 10.6 Å². The van der Waals surface area contributed by atoms with Gasteiger partial charge < -0.3 is 21.5 Å². The summed E-state index contributed by atoms with van der Waals surface area (Å²) in [5.74, 6) is -0.854. The summed E-state index contributed by atoms with van der Waals surface area (Å²) in [5.41, 5.74) is 5.26. The Labute approximate surface area is 89.2 Å². The van der Waals surface area contributed by atoms with E-state index in [1.807, 2.05) is 0 Å². The molecule has 0 bridgehead atoms. The minimum atomic E-state index is -0.854. The minimum Gasteiger partial charge on any atom is -0.481 e. The molecule has 88 valence electrons. The predicted octanol–water partition coefficient (Wildman–Crippen LogP) is -0.112. The second kappa shape index (κ2) is 8.05. The van der Waals surface area contributed by atoms with Crippen LogP contribution in [0.5, 0.6) is 0 Å². The summed E-state index contributed by atoms with van der Waals surface area (Å²) >= 11 is 0. The summed E-state index contributed by atoms with van der Waals surface area (Å²) in [6.45, 7) is 2.84. The van der Waals surface area contributed by atoms with Crippen LogP contribution in [0.25, 0.3) is 0 Å². The highest BCUT2D eigenvalue weighted by molar-refractivity contribution is 5.74. The Morgan fingerprint density at radius 3 is 2.67 bits per heavy atom. The number of carbonyl (C=O) groups is 2. The molecule has 0 radical (unpaired) electrons. The number of urea groups is 1. The number of carbonyl (C=O) groups excluding carboxylic acids is 1. The molecule has 0 rings (SSSR count). The van der Waals surface area contributed by atoms with Gasteiger partial charge in [0.15, 0.2) is 0 Å². The highest BCUT2D eigenvalue weighted by Crippen LogP contribution is 1.95. The monoisotopic (exact) mass is 217 g/mol. The number of carboxylic acid groups (broad SMARTS) is 1. The first-order valence-corrected chi connectivity index (χ1v) is 5.02. The quantitative estimate of drug-likeness (QED) is 0.446. The first-order valence-electron chi connectivity index (χ1n) is 5.02. The van der Waals surface area contributed by atoms with Crippen molar-refractivity contribution < 1.29 is 14.7 Å². The van der Waals surface area contributed by atoms with Crippen LogP contribution in [0.15, 0.2) is 0 Å². The average molecular weight is 217 g/mol. The van der Waals surface area contributed by atoms with Crippen molar-refractivity contribution >= 4 is 12.0 Å². The maximum atomic E-state index is 11.2. The van der Waals surface area contributed by atoms with E-state index in [4.69, 9.17) is 10.8 Å². The molecule has 0 saturated heterocycles. The van der Waals surface area contributed by atoms with Gasteiger partial charge in [-0.05, 0) is 26.3 Å². The smallest absolute Gasteiger partial charge is 0.314 e. The lowest BCUT2D eigenvalue weighted by Crippen LogP contribution is -2.41. The molecule has 0 heterocycles.